The van der Waals surface area contributed by atoms with Crippen LogP contribution in [0.15, 0.2) is 0 Å². The minimum atomic E-state index is -0.936. The predicted octanol–water partition coefficient (Wildman–Crippen LogP) is 2.47. The van der Waals surface area contributed by atoms with Crippen molar-refractivity contribution in [3.63, 3.8) is 0 Å². The highest BCUT2D eigenvalue weighted by atomic mass is 16.4. The summed E-state index contributed by atoms with van der Waals surface area (Å²) in [6, 6.07) is -0.000331. The summed E-state index contributed by atoms with van der Waals surface area (Å²) in [6.45, 7) is 6.49. The highest BCUT2D eigenvalue weighted by Gasteiger charge is 2.35. The zero-order chi connectivity index (χ0) is 13.1. The van der Waals surface area contributed by atoms with E-state index in [1.165, 1.54) is 0 Å². The molecule has 0 radical (unpaired) electrons. The lowest BCUT2D eigenvalue weighted by atomic mass is 9.71. The van der Waals surface area contributed by atoms with Crippen molar-refractivity contribution in [3.8, 4) is 0 Å². The number of carboxylic acid groups (broad SMARTS) is 1. The zero-order valence-electron chi connectivity index (χ0n) is 11.1. The van der Waals surface area contributed by atoms with Crippen molar-refractivity contribution in [1.29, 1.82) is 0 Å². The van der Waals surface area contributed by atoms with Crippen molar-refractivity contribution in [3.05, 3.63) is 0 Å². The highest BCUT2D eigenvalue weighted by Crippen LogP contribution is 2.36. The number of nitrogens with one attached hydrogen (secondary N) is 1. The minimum absolute atomic E-state index is 0.000331. The van der Waals surface area contributed by atoms with Gasteiger partial charge in [-0.05, 0) is 42.9 Å². The number of hydrogen-bond acceptors (Lipinski definition) is 2. The monoisotopic (exact) mass is 243 g/mol. The Morgan fingerprint density at radius 2 is 1.82 bits per heavy atom. The summed E-state index contributed by atoms with van der Waals surface area (Å²) in [5.41, 5.74) is -0.0604. The Kier molecular flexibility index (Phi) is 4.80. The molecule has 1 saturated carbocycles. The molecular weight excluding hydrogens is 218 g/mol. The molecule has 1 rings (SSSR count). The third kappa shape index (κ3) is 4.19. The van der Waals surface area contributed by atoms with Crippen LogP contribution in [0.2, 0.25) is 0 Å². The van der Waals surface area contributed by atoms with Crippen molar-refractivity contribution < 1.29 is 15.0 Å². The van der Waals surface area contributed by atoms with Gasteiger partial charge in [0.2, 0.25) is 0 Å². The number of rotatable bonds is 3. The molecule has 0 spiro atoms. The smallest absolute Gasteiger partial charge is 0.404 e. The molecule has 17 heavy (non-hydrogen) atoms. The van der Waals surface area contributed by atoms with E-state index in [1.807, 2.05) is 0 Å². The van der Waals surface area contributed by atoms with Crippen LogP contribution in [0.25, 0.3) is 0 Å². The number of carbonyl (C=O) groups is 1. The molecule has 0 aromatic heterocycles. The summed E-state index contributed by atoms with van der Waals surface area (Å²) in [5.74, 6) is 0.811. The van der Waals surface area contributed by atoms with Crippen LogP contribution in [0.1, 0.15) is 46.5 Å². The second-order valence-corrected chi connectivity index (χ2v) is 6.26. The molecular formula is C13H25NO3. The maximum atomic E-state index is 10.9. The first-order chi connectivity index (χ1) is 7.84. The van der Waals surface area contributed by atoms with Crippen LogP contribution >= 0.6 is 0 Å². The molecule has 0 saturated heterocycles. The topological polar surface area (TPSA) is 69.6 Å². The average molecular weight is 243 g/mol. The Morgan fingerprint density at radius 1 is 1.29 bits per heavy atom. The molecule has 1 atom stereocenters. The second-order valence-electron chi connectivity index (χ2n) is 6.26. The van der Waals surface area contributed by atoms with Crippen molar-refractivity contribution in [1.82, 2.24) is 5.32 Å². The molecule has 1 aliphatic carbocycles. The summed E-state index contributed by atoms with van der Waals surface area (Å²) in [4.78, 5) is 10.9. The quantitative estimate of drug-likeness (QED) is 0.713. The molecule has 0 aromatic carbocycles. The van der Waals surface area contributed by atoms with E-state index in [-0.39, 0.29) is 18.1 Å². The van der Waals surface area contributed by atoms with Crippen molar-refractivity contribution in [2.24, 2.45) is 17.3 Å². The summed E-state index contributed by atoms with van der Waals surface area (Å²) in [5, 5.41) is 20.7. The fourth-order valence-corrected chi connectivity index (χ4v) is 2.88. The Labute approximate surface area is 103 Å². The molecule has 1 fully saturated rings. The van der Waals surface area contributed by atoms with Gasteiger partial charge in [0.05, 0.1) is 0 Å². The first-order valence-corrected chi connectivity index (χ1v) is 6.45. The SMILES string of the molecule is CC(C)(C)C(NC(=O)O)C1CCC(CO)CC1. The molecule has 100 valence electrons. The van der Waals surface area contributed by atoms with Crippen molar-refractivity contribution in [2.45, 2.75) is 52.5 Å². The van der Waals surface area contributed by atoms with Gasteiger partial charge >= 0.3 is 6.09 Å². The number of amides is 1. The van der Waals surface area contributed by atoms with E-state index in [0.29, 0.717) is 11.8 Å². The maximum absolute atomic E-state index is 10.9. The van der Waals surface area contributed by atoms with Crippen LogP contribution in [-0.2, 0) is 0 Å². The van der Waals surface area contributed by atoms with E-state index >= 15 is 0 Å². The van der Waals surface area contributed by atoms with E-state index in [2.05, 4.69) is 26.1 Å². The number of aliphatic hydroxyl groups is 1. The van der Waals surface area contributed by atoms with Gasteiger partial charge in [0.15, 0.2) is 0 Å². The predicted molar refractivity (Wildman–Crippen MR) is 66.9 cm³/mol. The normalized spacial score (nSPS) is 27.5. The lowest BCUT2D eigenvalue weighted by molar-refractivity contribution is 0.107. The van der Waals surface area contributed by atoms with Gasteiger partial charge in [-0.15, -0.1) is 0 Å². The number of hydrogen-bond donors (Lipinski definition) is 3. The lowest BCUT2D eigenvalue weighted by Crippen LogP contribution is -2.49. The highest BCUT2D eigenvalue weighted by molar-refractivity contribution is 5.65. The van der Waals surface area contributed by atoms with Gasteiger partial charge in [0.1, 0.15) is 0 Å². The Morgan fingerprint density at radius 3 is 2.18 bits per heavy atom. The average Bonchev–Trinajstić information content (AvgIpc) is 2.24. The van der Waals surface area contributed by atoms with E-state index in [4.69, 9.17) is 10.2 Å². The van der Waals surface area contributed by atoms with Gasteiger partial charge in [0.25, 0.3) is 0 Å². The molecule has 1 unspecified atom stereocenters. The lowest BCUT2D eigenvalue weighted by Gasteiger charge is -2.40. The first-order valence-electron chi connectivity index (χ1n) is 6.45. The van der Waals surface area contributed by atoms with Crippen LogP contribution in [0, 0.1) is 17.3 Å². The Hall–Kier alpha value is -0.770. The van der Waals surface area contributed by atoms with Crippen LogP contribution in [0.4, 0.5) is 4.79 Å². The molecule has 4 heteroatoms. The largest absolute Gasteiger partial charge is 0.465 e. The standard InChI is InChI=1S/C13H25NO3/c1-13(2,3)11(14-12(16)17)10-6-4-9(8-15)5-7-10/h9-11,14-15H,4-8H2,1-3H3,(H,16,17). The summed E-state index contributed by atoms with van der Waals surface area (Å²) in [6.07, 6.45) is 3.10. The molecule has 0 bridgehead atoms. The summed E-state index contributed by atoms with van der Waals surface area (Å²) >= 11 is 0. The van der Waals surface area contributed by atoms with Gasteiger partial charge in [-0.1, -0.05) is 20.8 Å². The van der Waals surface area contributed by atoms with E-state index in [0.717, 1.165) is 25.7 Å². The van der Waals surface area contributed by atoms with Gasteiger partial charge < -0.3 is 15.5 Å². The van der Waals surface area contributed by atoms with E-state index in [9.17, 15) is 4.79 Å². The Bertz CT molecular complexity index is 252. The Balaban J connectivity index is 2.62. The first kappa shape index (κ1) is 14.3. The molecule has 0 aromatic rings. The second kappa shape index (κ2) is 5.71. The van der Waals surface area contributed by atoms with Crippen LogP contribution in [-0.4, -0.2) is 29.0 Å². The third-order valence-corrected chi connectivity index (χ3v) is 3.83. The van der Waals surface area contributed by atoms with E-state index in [1.54, 1.807) is 0 Å². The van der Waals surface area contributed by atoms with Crippen molar-refractivity contribution in [2.75, 3.05) is 6.61 Å². The molecule has 0 heterocycles. The van der Waals surface area contributed by atoms with Crippen LogP contribution in [0.5, 0.6) is 0 Å². The minimum Gasteiger partial charge on any atom is -0.465 e. The maximum Gasteiger partial charge on any atom is 0.404 e. The molecule has 0 aliphatic heterocycles. The molecule has 1 amide bonds. The van der Waals surface area contributed by atoms with Crippen LogP contribution < -0.4 is 5.32 Å². The van der Waals surface area contributed by atoms with Gasteiger partial charge in [-0.3, -0.25) is 0 Å². The summed E-state index contributed by atoms with van der Waals surface area (Å²) < 4.78 is 0. The van der Waals surface area contributed by atoms with Gasteiger partial charge in [-0.25, -0.2) is 4.79 Å². The van der Waals surface area contributed by atoms with E-state index < -0.39 is 6.09 Å². The fourth-order valence-electron chi connectivity index (χ4n) is 2.88. The van der Waals surface area contributed by atoms with Crippen molar-refractivity contribution >= 4 is 6.09 Å². The van der Waals surface area contributed by atoms with Gasteiger partial charge in [-0.2, -0.15) is 0 Å². The molecule has 1 aliphatic rings. The molecule has 3 N–H and O–H groups in total. The van der Waals surface area contributed by atoms with Crippen LogP contribution in [0.3, 0.4) is 0 Å². The third-order valence-electron chi connectivity index (χ3n) is 3.83. The van der Waals surface area contributed by atoms with Gasteiger partial charge in [0, 0.05) is 12.6 Å². The number of aliphatic hydroxyl groups excluding tert-OH is 1. The fraction of sp³-hybridized carbons (Fsp3) is 0.923. The molecule has 4 nitrogen and oxygen atoms in total. The zero-order valence-corrected chi connectivity index (χ0v) is 11.1. The summed E-state index contributed by atoms with van der Waals surface area (Å²) in [7, 11) is 0.